The van der Waals surface area contributed by atoms with Crippen LogP contribution in [-0.4, -0.2) is 37.2 Å². The largest absolute Gasteiger partial charge is 0.462 e. The van der Waals surface area contributed by atoms with Gasteiger partial charge >= 0.3 is 17.9 Å². The Morgan fingerprint density at radius 3 is 0.836 bits per heavy atom. The minimum atomic E-state index is -0.791. The van der Waals surface area contributed by atoms with Crippen LogP contribution in [0, 0.1) is 0 Å². The monoisotopic (exact) mass is 1010 g/mol. The van der Waals surface area contributed by atoms with E-state index in [-0.39, 0.29) is 31.1 Å². The van der Waals surface area contributed by atoms with Crippen LogP contribution in [0.3, 0.4) is 0 Å². The van der Waals surface area contributed by atoms with Crippen LogP contribution in [0.15, 0.2) is 109 Å². The second-order valence-electron chi connectivity index (χ2n) is 19.9. The van der Waals surface area contributed by atoms with Gasteiger partial charge in [-0.25, -0.2) is 0 Å². The van der Waals surface area contributed by atoms with Crippen molar-refractivity contribution in [2.45, 2.75) is 284 Å². The fourth-order valence-corrected chi connectivity index (χ4v) is 8.28. The highest BCUT2D eigenvalue weighted by molar-refractivity contribution is 5.71. The van der Waals surface area contributed by atoms with Crippen molar-refractivity contribution < 1.29 is 28.6 Å². The fourth-order valence-electron chi connectivity index (χ4n) is 8.28. The van der Waals surface area contributed by atoms with Crippen LogP contribution in [0.1, 0.15) is 278 Å². The fraction of sp³-hybridized carbons (Fsp3) is 0.687. The number of carbonyl (C=O) groups excluding carboxylic acids is 3. The highest BCUT2D eigenvalue weighted by Crippen LogP contribution is 2.15. The van der Waals surface area contributed by atoms with Crippen LogP contribution >= 0.6 is 0 Å². The van der Waals surface area contributed by atoms with Crippen LogP contribution in [0.2, 0.25) is 0 Å². The summed E-state index contributed by atoms with van der Waals surface area (Å²) < 4.78 is 16.9. The van der Waals surface area contributed by atoms with Gasteiger partial charge < -0.3 is 14.2 Å². The molecule has 0 heterocycles. The number of carbonyl (C=O) groups is 3. The van der Waals surface area contributed by atoms with Crippen LogP contribution < -0.4 is 0 Å². The highest BCUT2D eigenvalue weighted by atomic mass is 16.6. The van der Waals surface area contributed by atoms with Gasteiger partial charge in [-0.3, -0.25) is 14.4 Å². The Labute approximate surface area is 450 Å². The number of hydrogen-bond acceptors (Lipinski definition) is 6. The van der Waals surface area contributed by atoms with Gasteiger partial charge in [-0.15, -0.1) is 0 Å². The maximum Gasteiger partial charge on any atom is 0.306 e. The zero-order valence-electron chi connectivity index (χ0n) is 47.6. The molecule has 0 aliphatic heterocycles. The van der Waals surface area contributed by atoms with E-state index in [0.29, 0.717) is 19.3 Å². The Balaban J connectivity index is 4.38. The number of unbranched alkanes of at least 4 members (excludes halogenated alkanes) is 25. The van der Waals surface area contributed by atoms with Crippen molar-refractivity contribution in [3.63, 3.8) is 0 Å². The minimum absolute atomic E-state index is 0.0859. The molecule has 0 spiro atoms. The molecule has 0 aliphatic rings. The van der Waals surface area contributed by atoms with E-state index >= 15 is 0 Å². The second-order valence-corrected chi connectivity index (χ2v) is 19.9. The second kappa shape index (κ2) is 60.6. The van der Waals surface area contributed by atoms with Gasteiger partial charge in [-0.1, -0.05) is 265 Å². The summed E-state index contributed by atoms with van der Waals surface area (Å²) in [7, 11) is 0. The van der Waals surface area contributed by atoms with Crippen LogP contribution in [-0.2, 0) is 28.6 Å². The van der Waals surface area contributed by atoms with E-state index in [1.165, 1.54) is 103 Å². The lowest BCUT2D eigenvalue weighted by Crippen LogP contribution is -2.30. The molecule has 0 aliphatic carbocycles. The smallest absolute Gasteiger partial charge is 0.306 e. The topological polar surface area (TPSA) is 78.9 Å². The molecule has 6 nitrogen and oxygen atoms in total. The van der Waals surface area contributed by atoms with Gasteiger partial charge in [-0.2, -0.15) is 0 Å². The van der Waals surface area contributed by atoms with Crippen LogP contribution in [0.25, 0.3) is 0 Å². The van der Waals surface area contributed by atoms with Crippen molar-refractivity contribution in [1.29, 1.82) is 0 Å². The number of esters is 3. The van der Waals surface area contributed by atoms with E-state index in [1.54, 1.807) is 0 Å². The summed E-state index contributed by atoms with van der Waals surface area (Å²) in [6.45, 7) is 6.41. The minimum Gasteiger partial charge on any atom is -0.462 e. The Hall–Kier alpha value is -3.93. The summed E-state index contributed by atoms with van der Waals surface area (Å²) in [5.41, 5.74) is 0. The zero-order valence-corrected chi connectivity index (χ0v) is 47.6. The van der Waals surface area contributed by atoms with E-state index < -0.39 is 6.10 Å². The lowest BCUT2D eigenvalue weighted by atomic mass is 10.0. The molecule has 73 heavy (non-hydrogen) atoms. The number of hydrogen-bond donors (Lipinski definition) is 0. The van der Waals surface area contributed by atoms with Crippen molar-refractivity contribution >= 4 is 17.9 Å². The molecule has 6 heteroatoms. The van der Waals surface area contributed by atoms with Gasteiger partial charge in [0.25, 0.3) is 0 Å². The average molecular weight is 1010 g/mol. The maximum absolute atomic E-state index is 12.9. The van der Waals surface area contributed by atoms with E-state index in [9.17, 15) is 14.4 Å². The molecule has 0 amide bonds. The number of rotatable bonds is 54. The molecule has 0 rings (SSSR count). The Bertz CT molecular complexity index is 1490. The first-order valence-electron chi connectivity index (χ1n) is 30.4. The zero-order chi connectivity index (χ0) is 52.9. The molecular formula is C67H112O6. The first kappa shape index (κ1) is 69.1. The molecule has 0 N–H and O–H groups in total. The maximum atomic E-state index is 12.9. The van der Waals surface area contributed by atoms with E-state index in [2.05, 4.69) is 130 Å². The molecule has 1 unspecified atom stereocenters. The third-order valence-electron chi connectivity index (χ3n) is 12.8. The predicted octanol–water partition coefficient (Wildman–Crippen LogP) is 20.7. The SMILES string of the molecule is CC/C=C\C/C=C\C/C=C\C/C=C\C/C=C\C/C=C\CCCCCCCCC(=O)OCC(COC(=O)CCCCCCCCCCCCCCC)OC(=O)CCCCCCCCC/C=C\C/C=C\C/C=C\CC. The van der Waals surface area contributed by atoms with E-state index in [0.717, 1.165) is 135 Å². The molecule has 0 radical (unpaired) electrons. The third-order valence-corrected chi connectivity index (χ3v) is 12.8. The molecule has 0 saturated carbocycles. The van der Waals surface area contributed by atoms with Crippen molar-refractivity contribution in [1.82, 2.24) is 0 Å². The van der Waals surface area contributed by atoms with Crippen molar-refractivity contribution in [2.24, 2.45) is 0 Å². The lowest BCUT2D eigenvalue weighted by Gasteiger charge is -2.18. The third kappa shape index (κ3) is 58.8. The van der Waals surface area contributed by atoms with Gasteiger partial charge in [0.05, 0.1) is 0 Å². The summed E-state index contributed by atoms with van der Waals surface area (Å²) in [6.07, 6.45) is 82.2. The normalized spacial score (nSPS) is 12.9. The van der Waals surface area contributed by atoms with Crippen LogP contribution in [0.4, 0.5) is 0 Å². The first-order chi connectivity index (χ1) is 36.0. The quantitative estimate of drug-likeness (QED) is 0.0261. The average Bonchev–Trinajstić information content (AvgIpc) is 3.39. The Morgan fingerprint density at radius 1 is 0.288 bits per heavy atom. The molecular weight excluding hydrogens is 901 g/mol. The molecule has 0 saturated heterocycles. The molecule has 0 aromatic heterocycles. The summed E-state index contributed by atoms with van der Waals surface area (Å²) in [5, 5.41) is 0. The van der Waals surface area contributed by atoms with Gasteiger partial charge in [0.2, 0.25) is 0 Å². The van der Waals surface area contributed by atoms with Gasteiger partial charge in [0.15, 0.2) is 6.10 Å². The van der Waals surface area contributed by atoms with Crippen molar-refractivity contribution in [3.8, 4) is 0 Å². The standard InChI is InChI=1S/C67H112O6/c1-4-7-10-13-16-19-22-25-27-29-30-31-32-33-34-35-36-38-39-42-45-48-51-54-57-60-66(69)72-63-64(62-71-65(68)59-56-53-50-47-44-41-24-21-18-15-12-9-6-3)73-67(70)61-58-55-52-49-46-43-40-37-28-26-23-20-17-14-11-8-5-2/h7-8,10-11,16-17,19-20,25-28,30-31,33-34,36,38,64H,4-6,9,12-15,18,21-24,29,32,35,37,39-63H2,1-3H3/b10-7-,11-8-,19-16-,20-17-,27-25-,28-26-,31-30-,34-33-,38-36-. The molecule has 1 atom stereocenters. The Kier molecular flexibility index (Phi) is 57.4. The van der Waals surface area contributed by atoms with Gasteiger partial charge in [-0.05, 0) is 103 Å². The number of allylic oxidation sites excluding steroid dienone is 18. The summed E-state index contributed by atoms with van der Waals surface area (Å²) in [6, 6.07) is 0. The lowest BCUT2D eigenvalue weighted by molar-refractivity contribution is -0.167. The molecule has 0 aromatic carbocycles. The molecule has 0 bridgehead atoms. The summed E-state index contributed by atoms with van der Waals surface area (Å²) >= 11 is 0. The van der Waals surface area contributed by atoms with Crippen molar-refractivity contribution in [2.75, 3.05) is 13.2 Å². The first-order valence-corrected chi connectivity index (χ1v) is 30.4. The van der Waals surface area contributed by atoms with Crippen molar-refractivity contribution in [3.05, 3.63) is 109 Å². The Morgan fingerprint density at radius 2 is 0.534 bits per heavy atom. The molecule has 0 aromatic rings. The highest BCUT2D eigenvalue weighted by Gasteiger charge is 2.19. The van der Waals surface area contributed by atoms with E-state index in [1.807, 2.05) is 0 Å². The van der Waals surface area contributed by atoms with Crippen LogP contribution in [0.5, 0.6) is 0 Å². The number of ether oxygens (including phenoxy) is 3. The summed E-state index contributed by atoms with van der Waals surface area (Å²) in [4.78, 5) is 38.2. The molecule has 0 fully saturated rings. The molecule has 416 valence electrons. The van der Waals surface area contributed by atoms with Gasteiger partial charge in [0, 0.05) is 19.3 Å². The van der Waals surface area contributed by atoms with Gasteiger partial charge in [0.1, 0.15) is 13.2 Å². The van der Waals surface area contributed by atoms with E-state index in [4.69, 9.17) is 14.2 Å². The predicted molar refractivity (Wildman–Crippen MR) is 316 cm³/mol. The summed E-state index contributed by atoms with van der Waals surface area (Å²) in [5.74, 6) is -0.906.